The number of allylic oxidation sites excluding steroid dienone is 1. The molecular formula is C29H46O7. The Kier molecular flexibility index (Phi) is 6.38. The van der Waals surface area contributed by atoms with Gasteiger partial charge in [-0.15, -0.1) is 0 Å². The molecule has 4 fully saturated rings. The molecule has 4 aliphatic carbocycles. The lowest BCUT2D eigenvalue weighted by Crippen LogP contribution is -2.63. The summed E-state index contributed by atoms with van der Waals surface area (Å²) in [4.78, 5) is 13.3. The molecular weight excluding hydrogens is 460 g/mol. The lowest BCUT2D eigenvalue weighted by atomic mass is 9.46. The Morgan fingerprint density at radius 3 is 2.44 bits per heavy atom. The number of aliphatic hydroxyl groups is 5. The van der Waals surface area contributed by atoms with Crippen molar-refractivity contribution in [3.8, 4) is 0 Å². The van der Waals surface area contributed by atoms with Crippen molar-refractivity contribution >= 4 is 5.78 Å². The van der Waals surface area contributed by atoms with Gasteiger partial charge in [0.25, 0.3) is 0 Å². The van der Waals surface area contributed by atoms with Gasteiger partial charge >= 0.3 is 0 Å². The maximum Gasteiger partial charge on any atom is 0.159 e. The third-order valence-electron chi connectivity index (χ3n) is 12.1. The van der Waals surface area contributed by atoms with Crippen LogP contribution in [0.3, 0.4) is 0 Å². The van der Waals surface area contributed by atoms with E-state index in [1.165, 1.54) is 0 Å². The summed E-state index contributed by atoms with van der Waals surface area (Å²) in [6.07, 6.45) is 3.48. The van der Waals surface area contributed by atoms with Gasteiger partial charge in [-0.2, -0.15) is 0 Å². The monoisotopic (exact) mass is 506 g/mol. The van der Waals surface area contributed by atoms with Gasteiger partial charge in [0.15, 0.2) is 5.78 Å². The zero-order chi connectivity index (χ0) is 26.4. The van der Waals surface area contributed by atoms with Crippen LogP contribution in [0.4, 0.5) is 0 Å². The number of carbonyl (C=O) groups excluding carboxylic acids is 1. The molecule has 13 atom stereocenters. The summed E-state index contributed by atoms with van der Waals surface area (Å²) in [6.45, 7) is 9.70. The van der Waals surface area contributed by atoms with E-state index in [1.807, 2.05) is 20.8 Å². The highest BCUT2D eigenvalue weighted by Gasteiger charge is 2.69. The molecule has 36 heavy (non-hydrogen) atoms. The number of fused-ring (bicyclic) bond motifs is 5. The third-order valence-corrected chi connectivity index (χ3v) is 12.1. The summed E-state index contributed by atoms with van der Waals surface area (Å²) in [5.41, 5.74) is -2.92. The SMILES string of the molecule is CC1C(CO)OC(C(O)C(C)(O)C2CCC3(O)C4=CC(=O)C5CC(O)CCC5(C)C4CCC23C)C1C. The van der Waals surface area contributed by atoms with E-state index < -0.39 is 34.9 Å². The fourth-order valence-corrected chi connectivity index (χ4v) is 9.45. The lowest BCUT2D eigenvalue weighted by molar-refractivity contribution is -0.197. The maximum absolute atomic E-state index is 13.3. The first kappa shape index (κ1) is 26.8. The van der Waals surface area contributed by atoms with Crippen molar-refractivity contribution in [2.75, 3.05) is 6.61 Å². The first-order valence-corrected chi connectivity index (χ1v) is 14.1. The Balaban J connectivity index is 1.46. The molecule has 0 bridgehead atoms. The van der Waals surface area contributed by atoms with E-state index in [-0.39, 0.29) is 53.5 Å². The molecule has 1 aliphatic heterocycles. The second-order valence-corrected chi connectivity index (χ2v) is 13.7. The minimum Gasteiger partial charge on any atom is -0.394 e. The van der Waals surface area contributed by atoms with Gasteiger partial charge in [-0.25, -0.2) is 0 Å². The second kappa shape index (κ2) is 8.59. The van der Waals surface area contributed by atoms with Crippen LogP contribution < -0.4 is 0 Å². The summed E-state index contributed by atoms with van der Waals surface area (Å²) >= 11 is 0. The van der Waals surface area contributed by atoms with Crippen LogP contribution in [0.1, 0.15) is 79.6 Å². The van der Waals surface area contributed by atoms with Gasteiger partial charge in [0.05, 0.1) is 36.1 Å². The van der Waals surface area contributed by atoms with Crippen molar-refractivity contribution in [2.24, 2.45) is 40.4 Å². The fraction of sp³-hybridized carbons (Fsp3) is 0.897. The van der Waals surface area contributed by atoms with Gasteiger partial charge in [0.2, 0.25) is 0 Å². The van der Waals surface area contributed by atoms with Crippen LogP contribution in [0, 0.1) is 40.4 Å². The second-order valence-electron chi connectivity index (χ2n) is 13.7. The molecule has 1 saturated heterocycles. The molecule has 7 nitrogen and oxygen atoms in total. The third kappa shape index (κ3) is 3.42. The molecule has 7 heteroatoms. The van der Waals surface area contributed by atoms with Crippen LogP contribution in [0.15, 0.2) is 11.6 Å². The molecule has 5 aliphatic rings. The number of carbonyl (C=O) groups is 1. The van der Waals surface area contributed by atoms with Crippen LogP contribution in [0.2, 0.25) is 0 Å². The van der Waals surface area contributed by atoms with Gasteiger partial charge in [-0.05, 0) is 92.6 Å². The summed E-state index contributed by atoms with van der Waals surface area (Å²) < 4.78 is 6.02. The summed E-state index contributed by atoms with van der Waals surface area (Å²) in [7, 11) is 0. The molecule has 0 radical (unpaired) electrons. The number of rotatable bonds is 4. The van der Waals surface area contributed by atoms with E-state index in [1.54, 1.807) is 13.0 Å². The van der Waals surface area contributed by atoms with Crippen molar-refractivity contribution in [2.45, 2.75) is 115 Å². The number of aliphatic hydroxyl groups excluding tert-OH is 3. The molecule has 5 N–H and O–H groups in total. The number of ketones is 1. The maximum atomic E-state index is 13.3. The highest BCUT2D eigenvalue weighted by Crippen LogP contribution is 2.68. The fourth-order valence-electron chi connectivity index (χ4n) is 9.45. The van der Waals surface area contributed by atoms with E-state index >= 15 is 0 Å². The van der Waals surface area contributed by atoms with E-state index in [0.717, 1.165) is 18.4 Å². The summed E-state index contributed by atoms with van der Waals surface area (Å²) in [5.74, 6) is -0.508. The first-order valence-electron chi connectivity index (χ1n) is 14.1. The molecule has 0 aromatic rings. The molecule has 0 amide bonds. The van der Waals surface area contributed by atoms with Crippen molar-refractivity contribution in [1.29, 1.82) is 0 Å². The topological polar surface area (TPSA) is 127 Å². The Bertz CT molecular complexity index is 931. The average molecular weight is 507 g/mol. The smallest absolute Gasteiger partial charge is 0.159 e. The van der Waals surface area contributed by atoms with Crippen LogP contribution >= 0.6 is 0 Å². The standard InChI is InChI=1S/C29H46O7/c1-15-16(2)24(36-22(15)14-30)25(33)28(5,34)23-8-11-29(35)19-13-21(32)20-12-17(31)6-9-26(20,3)18(19)7-10-27(23,29)4/h13,15-18,20,22-25,30-31,33-35H,6-12,14H2,1-5H3. The van der Waals surface area contributed by atoms with Crippen molar-refractivity contribution in [3.63, 3.8) is 0 Å². The highest BCUT2D eigenvalue weighted by atomic mass is 16.5. The normalized spacial score (nSPS) is 53.2. The molecule has 1 heterocycles. The Hall–Kier alpha value is -0.830. The van der Waals surface area contributed by atoms with E-state index in [2.05, 4.69) is 6.92 Å². The van der Waals surface area contributed by atoms with E-state index in [4.69, 9.17) is 4.74 Å². The van der Waals surface area contributed by atoms with E-state index in [9.17, 15) is 30.3 Å². The highest BCUT2D eigenvalue weighted by molar-refractivity contribution is 5.95. The molecule has 0 spiro atoms. The minimum atomic E-state index is -1.52. The molecule has 5 rings (SSSR count). The van der Waals surface area contributed by atoms with Crippen LogP contribution in [-0.4, -0.2) is 73.5 Å². The first-order chi connectivity index (χ1) is 16.7. The van der Waals surface area contributed by atoms with Gasteiger partial charge in [0, 0.05) is 11.3 Å². The van der Waals surface area contributed by atoms with Gasteiger partial charge in [0.1, 0.15) is 6.10 Å². The number of hydrogen-bond donors (Lipinski definition) is 5. The quantitative estimate of drug-likeness (QED) is 0.396. The van der Waals surface area contributed by atoms with E-state index in [0.29, 0.717) is 32.1 Å². The molecule has 0 aromatic carbocycles. The van der Waals surface area contributed by atoms with Crippen LogP contribution in [-0.2, 0) is 9.53 Å². The largest absolute Gasteiger partial charge is 0.394 e. The van der Waals surface area contributed by atoms with Crippen molar-refractivity contribution in [3.05, 3.63) is 11.6 Å². The van der Waals surface area contributed by atoms with Crippen molar-refractivity contribution < 1.29 is 35.1 Å². The van der Waals surface area contributed by atoms with Crippen LogP contribution in [0.25, 0.3) is 0 Å². The lowest BCUT2D eigenvalue weighted by Gasteiger charge is -2.60. The summed E-state index contributed by atoms with van der Waals surface area (Å²) in [6, 6.07) is 0. The predicted octanol–water partition coefficient (Wildman–Crippen LogP) is 2.36. The van der Waals surface area contributed by atoms with Gasteiger partial charge < -0.3 is 30.3 Å². The minimum absolute atomic E-state index is 0.00707. The van der Waals surface area contributed by atoms with Gasteiger partial charge in [-0.3, -0.25) is 4.79 Å². The Labute approximate surface area is 214 Å². The van der Waals surface area contributed by atoms with Crippen molar-refractivity contribution in [1.82, 2.24) is 0 Å². The van der Waals surface area contributed by atoms with Gasteiger partial charge in [-0.1, -0.05) is 27.7 Å². The Morgan fingerprint density at radius 2 is 1.81 bits per heavy atom. The average Bonchev–Trinajstić information content (AvgIpc) is 3.27. The summed E-state index contributed by atoms with van der Waals surface area (Å²) in [5, 5.41) is 55.7. The zero-order valence-electron chi connectivity index (χ0n) is 22.5. The molecule has 3 saturated carbocycles. The number of hydrogen-bond acceptors (Lipinski definition) is 7. The molecule has 13 unspecified atom stereocenters. The Morgan fingerprint density at radius 1 is 1.11 bits per heavy atom. The zero-order valence-corrected chi connectivity index (χ0v) is 22.5. The predicted molar refractivity (Wildman–Crippen MR) is 134 cm³/mol. The number of ether oxygens (including phenoxy) is 1. The molecule has 0 aromatic heterocycles. The van der Waals surface area contributed by atoms with Crippen LogP contribution in [0.5, 0.6) is 0 Å². The molecule has 204 valence electrons.